The van der Waals surface area contributed by atoms with E-state index in [4.69, 9.17) is 10.2 Å². The normalized spacial score (nSPS) is 17.5. The van der Waals surface area contributed by atoms with E-state index < -0.39 is 0 Å². The number of nitrogens with zero attached hydrogens (tertiary/aromatic N) is 2. The lowest BCUT2D eigenvalue weighted by atomic mass is 9.98. The fraction of sp³-hybridized carbons (Fsp3) is 0.278. The molecule has 2 aromatic carbocycles. The molecule has 1 aromatic heterocycles. The Morgan fingerprint density at radius 2 is 2.09 bits per heavy atom. The van der Waals surface area contributed by atoms with Gasteiger partial charge < -0.3 is 15.1 Å². The summed E-state index contributed by atoms with van der Waals surface area (Å²) in [5.74, 6) is -0.331. The minimum Gasteiger partial charge on any atom is -0.408 e. The smallest absolute Gasteiger partial charge is 0.408 e. The van der Waals surface area contributed by atoms with Crippen molar-refractivity contribution in [3.05, 3.63) is 64.1 Å². The van der Waals surface area contributed by atoms with Crippen molar-refractivity contribution in [2.24, 2.45) is 12.8 Å². The van der Waals surface area contributed by atoms with Gasteiger partial charge in [-0.15, -0.1) is 0 Å². The standard InChI is InChI=1S/C18H19N3O2/c1-20-16-8-12(6-7-17(16)23-18(20)22)10-21-11-14(19)9-13-4-2-3-5-15(13)21/h2-8,14H,9-11,19H2,1H3. The first-order valence-electron chi connectivity index (χ1n) is 7.79. The van der Waals surface area contributed by atoms with E-state index in [1.54, 1.807) is 7.05 Å². The topological polar surface area (TPSA) is 64.4 Å². The maximum Gasteiger partial charge on any atom is 0.419 e. The number of benzene rings is 2. The molecule has 5 heteroatoms. The van der Waals surface area contributed by atoms with Crippen LogP contribution in [0.2, 0.25) is 0 Å². The Balaban J connectivity index is 1.70. The van der Waals surface area contributed by atoms with E-state index >= 15 is 0 Å². The van der Waals surface area contributed by atoms with Gasteiger partial charge in [0.25, 0.3) is 0 Å². The molecule has 118 valence electrons. The first kappa shape index (κ1) is 14.1. The molecule has 2 N–H and O–H groups in total. The van der Waals surface area contributed by atoms with Crippen LogP contribution in [0.1, 0.15) is 11.1 Å². The molecule has 23 heavy (non-hydrogen) atoms. The third-order valence-electron chi connectivity index (χ3n) is 4.50. The summed E-state index contributed by atoms with van der Waals surface area (Å²) >= 11 is 0. The molecule has 3 aromatic rings. The van der Waals surface area contributed by atoms with Crippen molar-refractivity contribution in [2.75, 3.05) is 11.4 Å². The predicted octanol–water partition coefficient (Wildman–Crippen LogP) is 2.02. The Labute approximate surface area is 133 Å². The Morgan fingerprint density at radius 1 is 1.26 bits per heavy atom. The zero-order valence-electron chi connectivity index (χ0n) is 13.0. The van der Waals surface area contributed by atoms with Crippen LogP contribution in [0.5, 0.6) is 0 Å². The van der Waals surface area contributed by atoms with Gasteiger partial charge in [-0.2, -0.15) is 0 Å². The van der Waals surface area contributed by atoms with E-state index in [0.29, 0.717) is 5.58 Å². The minimum absolute atomic E-state index is 0.145. The number of fused-ring (bicyclic) bond motifs is 2. The number of hydrogen-bond acceptors (Lipinski definition) is 4. The van der Waals surface area contributed by atoms with Gasteiger partial charge in [0.05, 0.1) is 5.52 Å². The number of hydrogen-bond donors (Lipinski definition) is 1. The van der Waals surface area contributed by atoms with E-state index in [0.717, 1.165) is 30.6 Å². The Bertz CT molecular complexity index is 925. The van der Waals surface area contributed by atoms with E-state index in [9.17, 15) is 4.79 Å². The third kappa shape index (κ3) is 2.43. The molecule has 2 heterocycles. The fourth-order valence-electron chi connectivity index (χ4n) is 3.36. The number of rotatable bonds is 2. The summed E-state index contributed by atoms with van der Waals surface area (Å²) in [6.45, 7) is 1.60. The highest BCUT2D eigenvalue weighted by Crippen LogP contribution is 2.28. The maximum atomic E-state index is 11.6. The molecule has 1 atom stereocenters. The fourth-order valence-corrected chi connectivity index (χ4v) is 3.36. The Kier molecular flexibility index (Phi) is 3.23. The second-order valence-corrected chi connectivity index (χ2v) is 6.20. The zero-order valence-corrected chi connectivity index (χ0v) is 13.0. The van der Waals surface area contributed by atoms with Crippen LogP contribution in [0.4, 0.5) is 5.69 Å². The first-order chi connectivity index (χ1) is 11.1. The van der Waals surface area contributed by atoms with Crippen molar-refractivity contribution in [1.82, 2.24) is 4.57 Å². The van der Waals surface area contributed by atoms with E-state index in [1.165, 1.54) is 15.8 Å². The lowest BCUT2D eigenvalue weighted by molar-refractivity contribution is 0.528. The molecule has 0 saturated carbocycles. The van der Waals surface area contributed by atoms with Gasteiger partial charge in [0.2, 0.25) is 0 Å². The predicted molar refractivity (Wildman–Crippen MR) is 90.6 cm³/mol. The monoisotopic (exact) mass is 309 g/mol. The SMILES string of the molecule is Cn1c(=O)oc2ccc(CN3CC(N)Cc4ccccc43)cc21. The number of aromatic nitrogens is 1. The highest BCUT2D eigenvalue weighted by atomic mass is 16.4. The molecule has 0 spiro atoms. The van der Waals surface area contributed by atoms with Gasteiger partial charge in [-0.05, 0) is 35.7 Å². The number of nitrogens with two attached hydrogens (primary N) is 1. The maximum absolute atomic E-state index is 11.6. The van der Waals surface area contributed by atoms with E-state index in [-0.39, 0.29) is 11.8 Å². The van der Waals surface area contributed by atoms with Crippen molar-refractivity contribution in [3.8, 4) is 0 Å². The van der Waals surface area contributed by atoms with Crippen LogP contribution in [-0.2, 0) is 20.0 Å². The quantitative estimate of drug-likeness (QED) is 0.786. The van der Waals surface area contributed by atoms with Crippen LogP contribution in [-0.4, -0.2) is 17.2 Å². The van der Waals surface area contributed by atoms with Crippen LogP contribution in [0, 0.1) is 0 Å². The number of para-hydroxylation sites is 1. The molecule has 0 amide bonds. The Hall–Kier alpha value is -2.53. The summed E-state index contributed by atoms with van der Waals surface area (Å²) in [6, 6.07) is 14.4. The van der Waals surface area contributed by atoms with Crippen molar-refractivity contribution in [1.29, 1.82) is 0 Å². The average Bonchev–Trinajstić information content (AvgIpc) is 2.82. The van der Waals surface area contributed by atoms with Crippen LogP contribution < -0.4 is 16.4 Å². The van der Waals surface area contributed by atoms with Crippen LogP contribution >= 0.6 is 0 Å². The highest BCUT2D eigenvalue weighted by molar-refractivity contribution is 5.74. The molecule has 0 bridgehead atoms. The molecule has 0 saturated heterocycles. The van der Waals surface area contributed by atoms with Crippen LogP contribution in [0.25, 0.3) is 11.1 Å². The van der Waals surface area contributed by atoms with Crippen molar-refractivity contribution in [2.45, 2.75) is 19.0 Å². The molecule has 4 rings (SSSR count). The van der Waals surface area contributed by atoms with Crippen molar-refractivity contribution < 1.29 is 4.42 Å². The summed E-state index contributed by atoms with van der Waals surface area (Å²) in [5.41, 5.74) is 11.3. The second-order valence-electron chi connectivity index (χ2n) is 6.20. The number of oxazole rings is 1. The molecule has 0 aliphatic carbocycles. The lowest BCUT2D eigenvalue weighted by Gasteiger charge is -2.34. The van der Waals surface area contributed by atoms with Gasteiger partial charge >= 0.3 is 5.76 Å². The highest BCUT2D eigenvalue weighted by Gasteiger charge is 2.21. The number of aryl methyl sites for hydroxylation is 1. The van der Waals surface area contributed by atoms with Gasteiger partial charge in [0.1, 0.15) is 0 Å². The first-order valence-corrected chi connectivity index (χ1v) is 7.79. The molecule has 0 fully saturated rings. The third-order valence-corrected chi connectivity index (χ3v) is 4.50. The average molecular weight is 309 g/mol. The molecule has 0 radical (unpaired) electrons. The molecule has 1 aliphatic heterocycles. The second kappa shape index (κ2) is 5.28. The van der Waals surface area contributed by atoms with E-state index in [2.05, 4.69) is 29.2 Å². The summed E-state index contributed by atoms with van der Waals surface area (Å²) in [4.78, 5) is 13.9. The van der Waals surface area contributed by atoms with Gasteiger partial charge in [0, 0.05) is 31.9 Å². The summed E-state index contributed by atoms with van der Waals surface area (Å²) in [6.07, 6.45) is 0.919. The van der Waals surface area contributed by atoms with Crippen LogP contribution in [0.3, 0.4) is 0 Å². The van der Waals surface area contributed by atoms with Gasteiger partial charge in [-0.25, -0.2) is 4.79 Å². The van der Waals surface area contributed by atoms with Crippen molar-refractivity contribution in [3.63, 3.8) is 0 Å². The largest absolute Gasteiger partial charge is 0.419 e. The Morgan fingerprint density at radius 3 is 2.96 bits per heavy atom. The molecule has 1 aliphatic rings. The van der Waals surface area contributed by atoms with Gasteiger partial charge in [-0.3, -0.25) is 4.57 Å². The van der Waals surface area contributed by atoms with Gasteiger partial charge in [-0.1, -0.05) is 24.3 Å². The summed E-state index contributed by atoms with van der Waals surface area (Å²) < 4.78 is 6.73. The van der Waals surface area contributed by atoms with Gasteiger partial charge in [0.15, 0.2) is 5.58 Å². The molecule has 1 unspecified atom stereocenters. The minimum atomic E-state index is -0.331. The summed E-state index contributed by atoms with van der Waals surface area (Å²) in [7, 11) is 1.73. The summed E-state index contributed by atoms with van der Waals surface area (Å²) in [5, 5.41) is 0. The molecular formula is C18H19N3O2. The van der Waals surface area contributed by atoms with Crippen molar-refractivity contribution >= 4 is 16.8 Å². The van der Waals surface area contributed by atoms with E-state index in [1.807, 2.05) is 18.2 Å². The lowest BCUT2D eigenvalue weighted by Crippen LogP contribution is -2.42. The number of anilines is 1. The zero-order chi connectivity index (χ0) is 16.0. The molecule has 5 nitrogen and oxygen atoms in total. The molecular weight excluding hydrogens is 290 g/mol. The van der Waals surface area contributed by atoms with Crippen LogP contribution in [0.15, 0.2) is 51.7 Å².